The second-order valence-corrected chi connectivity index (χ2v) is 6.52. The molecule has 0 unspecified atom stereocenters. The first-order chi connectivity index (χ1) is 13.7. The molecule has 0 radical (unpaired) electrons. The van der Waals surface area contributed by atoms with Gasteiger partial charge in [0.1, 0.15) is 5.75 Å². The van der Waals surface area contributed by atoms with Crippen molar-refractivity contribution < 1.29 is 13.9 Å². The van der Waals surface area contributed by atoms with Crippen molar-refractivity contribution in [3.8, 4) is 5.75 Å². The van der Waals surface area contributed by atoms with Crippen LogP contribution >= 0.6 is 24.0 Å². The molecule has 2 aromatic rings. The quantitative estimate of drug-likeness (QED) is 0.366. The lowest BCUT2D eigenvalue weighted by atomic mass is 10.1. The van der Waals surface area contributed by atoms with E-state index in [2.05, 4.69) is 21.3 Å². The number of para-hydroxylation sites is 1. The molecule has 1 amide bonds. The molecule has 3 rings (SSSR count). The number of guanidine groups is 1. The lowest BCUT2D eigenvalue weighted by molar-refractivity contribution is 0.0658. The Morgan fingerprint density at radius 2 is 1.86 bits per heavy atom. The van der Waals surface area contributed by atoms with Crippen molar-refractivity contribution in [3.05, 3.63) is 54.0 Å². The van der Waals surface area contributed by atoms with E-state index in [1.54, 1.807) is 19.2 Å². The van der Waals surface area contributed by atoms with Crippen molar-refractivity contribution in [2.45, 2.75) is 13.3 Å². The zero-order valence-electron chi connectivity index (χ0n) is 17.0. The Morgan fingerprint density at radius 3 is 2.52 bits per heavy atom. The summed E-state index contributed by atoms with van der Waals surface area (Å²) in [5.74, 6) is 2.13. The van der Waals surface area contributed by atoms with E-state index < -0.39 is 0 Å². The minimum atomic E-state index is -0.0554. The predicted molar refractivity (Wildman–Crippen MR) is 124 cm³/mol. The standard InChI is InChI=1S/C21H28N4O3.HI/c1-3-27-18-8-5-4-7-17(18)10-11-23-21(22-2)25-14-12-24(13-15-25)20(26)19-9-6-16-28-19;/h4-9,16H,3,10-15H2,1-2H3,(H,22,23);1H. The summed E-state index contributed by atoms with van der Waals surface area (Å²) in [6.07, 6.45) is 2.38. The smallest absolute Gasteiger partial charge is 0.289 e. The van der Waals surface area contributed by atoms with Crippen molar-refractivity contribution >= 4 is 35.8 Å². The summed E-state index contributed by atoms with van der Waals surface area (Å²) in [6, 6.07) is 11.6. The van der Waals surface area contributed by atoms with Crippen LogP contribution in [0.4, 0.5) is 0 Å². The summed E-state index contributed by atoms with van der Waals surface area (Å²) in [5.41, 5.74) is 1.18. The van der Waals surface area contributed by atoms with Gasteiger partial charge in [-0.2, -0.15) is 0 Å². The molecule has 1 fully saturated rings. The number of aliphatic imine (C=N–C) groups is 1. The second-order valence-electron chi connectivity index (χ2n) is 6.52. The average Bonchev–Trinajstić information content (AvgIpc) is 3.27. The highest BCUT2D eigenvalue weighted by Gasteiger charge is 2.25. The number of carbonyl (C=O) groups is 1. The molecule has 8 heteroatoms. The van der Waals surface area contributed by atoms with Crippen molar-refractivity contribution in [3.63, 3.8) is 0 Å². The number of nitrogens with zero attached hydrogens (tertiary/aromatic N) is 3. The molecule has 0 bridgehead atoms. The van der Waals surface area contributed by atoms with Gasteiger partial charge < -0.3 is 24.3 Å². The Bertz CT molecular complexity index is 787. The monoisotopic (exact) mass is 512 g/mol. The summed E-state index contributed by atoms with van der Waals surface area (Å²) in [5, 5.41) is 3.43. The molecular weight excluding hydrogens is 483 g/mol. The molecule has 2 heterocycles. The summed E-state index contributed by atoms with van der Waals surface area (Å²) < 4.78 is 10.9. The van der Waals surface area contributed by atoms with Gasteiger partial charge in [0, 0.05) is 39.8 Å². The first-order valence-electron chi connectivity index (χ1n) is 9.72. The van der Waals surface area contributed by atoms with Gasteiger partial charge >= 0.3 is 0 Å². The van der Waals surface area contributed by atoms with Crippen molar-refractivity contribution in [2.24, 2.45) is 4.99 Å². The van der Waals surface area contributed by atoms with Gasteiger partial charge in [-0.3, -0.25) is 9.79 Å². The molecule has 1 aromatic carbocycles. The highest BCUT2D eigenvalue weighted by molar-refractivity contribution is 14.0. The van der Waals surface area contributed by atoms with E-state index in [1.165, 1.54) is 11.8 Å². The maximum absolute atomic E-state index is 12.4. The minimum absolute atomic E-state index is 0. The topological polar surface area (TPSA) is 70.3 Å². The van der Waals surface area contributed by atoms with E-state index in [-0.39, 0.29) is 29.9 Å². The maximum atomic E-state index is 12.4. The lowest BCUT2D eigenvalue weighted by Gasteiger charge is -2.36. The molecular formula is C21H29IN4O3. The third kappa shape index (κ3) is 6.12. The Labute approximate surface area is 189 Å². The zero-order chi connectivity index (χ0) is 19.8. The molecule has 1 aliphatic rings. The first-order valence-corrected chi connectivity index (χ1v) is 9.72. The molecule has 29 heavy (non-hydrogen) atoms. The Balaban J connectivity index is 0.00000300. The van der Waals surface area contributed by atoms with Gasteiger partial charge in [-0.25, -0.2) is 0 Å². The molecule has 1 aliphatic heterocycles. The van der Waals surface area contributed by atoms with E-state index >= 15 is 0 Å². The lowest BCUT2D eigenvalue weighted by Crippen LogP contribution is -2.54. The molecule has 0 saturated carbocycles. The number of piperazine rings is 1. The van der Waals surface area contributed by atoms with Crippen LogP contribution in [0.15, 0.2) is 52.1 Å². The van der Waals surface area contributed by atoms with Crippen LogP contribution in [0.25, 0.3) is 0 Å². The molecule has 0 aliphatic carbocycles. The summed E-state index contributed by atoms with van der Waals surface area (Å²) in [7, 11) is 1.79. The Hall–Kier alpha value is -2.23. The van der Waals surface area contributed by atoms with Gasteiger partial charge in [-0.15, -0.1) is 24.0 Å². The van der Waals surface area contributed by atoms with E-state index in [0.717, 1.165) is 37.8 Å². The molecule has 7 nitrogen and oxygen atoms in total. The van der Waals surface area contributed by atoms with Crippen LogP contribution in [-0.2, 0) is 6.42 Å². The fraction of sp³-hybridized carbons (Fsp3) is 0.429. The third-order valence-electron chi connectivity index (χ3n) is 4.76. The molecule has 1 saturated heterocycles. The molecule has 1 N–H and O–H groups in total. The zero-order valence-corrected chi connectivity index (χ0v) is 19.3. The molecule has 1 aromatic heterocycles. The molecule has 0 spiro atoms. The number of benzene rings is 1. The van der Waals surface area contributed by atoms with Crippen LogP contribution in [0.3, 0.4) is 0 Å². The average molecular weight is 512 g/mol. The van der Waals surface area contributed by atoms with Crippen LogP contribution in [0.1, 0.15) is 23.0 Å². The maximum Gasteiger partial charge on any atom is 0.289 e. The van der Waals surface area contributed by atoms with Gasteiger partial charge in [0.25, 0.3) is 5.91 Å². The fourth-order valence-electron chi connectivity index (χ4n) is 3.33. The molecule has 0 atom stereocenters. The normalized spacial score (nSPS) is 14.3. The van der Waals surface area contributed by atoms with Crippen LogP contribution < -0.4 is 10.1 Å². The van der Waals surface area contributed by atoms with Gasteiger partial charge in [-0.1, -0.05) is 18.2 Å². The SMILES string of the molecule is CCOc1ccccc1CCNC(=NC)N1CCN(C(=O)c2ccco2)CC1.I. The Kier molecular flexibility index (Phi) is 9.30. The molecule has 158 valence electrons. The van der Waals surface area contributed by atoms with E-state index in [9.17, 15) is 4.79 Å². The summed E-state index contributed by atoms with van der Waals surface area (Å²) in [4.78, 5) is 20.8. The number of nitrogens with one attached hydrogen (secondary N) is 1. The number of halogens is 1. The highest BCUT2D eigenvalue weighted by atomic mass is 127. The first kappa shape index (κ1) is 23.1. The van der Waals surface area contributed by atoms with E-state index in [4.69, 9.17) is 9.15 Å². The number of hydrogen-bond donors (Lipinski definition) is 1. The van der Waals surface area contributed by atoms with E-state index in [0.29, 0.717) is 25.5 Å². The summed E-state index contributed by atoms with van der Waals surface area (Å²) in [6.45, 7) is 6.19. The fourth-order valence-corrected chi connectivity index (χ4v) is 3.33. The van der Waals surface area contributed by atoms with Crippen molar-refractivity contribution in [1.82, 2.24) is 15.1 Å². The second kappa shape index (κ2) is 11.7. The predicted octanol–water partition coefficient (Wildman–Crippen LogP) is 2.87. The van der Waals surface area contributed by atoms with Crippen LogP contribution in [-0.4, -0.2) is 68.0 Å². The van der Waals surface area contributed by atoms with Crippen LogP contribution in [0.2, 0.25) is 0 Å². The number of hydrogen-bond acceptors (Lipinski definition) is 4. The number of furan rings is 1. The minimum Gasteiger partial charge on any atom is -0.494 e. The Morgan fingerprint density at radius 1 is 1.14 bits per heavy atom. The largest absolute Gasteiger partial charge is 0.494 e. The van der Waals surface area contributed by atoms with Gasteiger partial charge in [0.2, 0.25) is 0 Å². The van der Waals surface area contributed by atoms with Crippen LogP contribution in [0.5, 0.6) is 5.75 Å². The van der Waals surface area contributed by atoms with Crippen LogP contribution in [0, 0.1) is 0 Å². The van der Waals surface area contributed by atoms with Gasteiger partial charge in [0.15, 0.2) is 11.7 Å². The van der Waals surface area contributed by atoms with Gasteiger partial charge in [0.05, 0.1) is 12.9 Å². The number of rotatable bonds is 6. The van der Waals surface area contributed by atoms with Crippen molar-refractivity contribution in [2.75, 3.05) is 46.4 Å². The van der Waals surface area contributed by atoms with E-state index in [1.807, 2.05) is 30.0 Å². The number of amides is 1. The number of ether oxygens (including phenoxy) is 1. The number of carbonyl (C=O) groups excluding carboxylic acids is 1. The van der Waals surface area contributed by atoms with Crippen molar-refractivity contribution in [1.29, 1.82) is 0 Å². The third-order valence-corrected chi connectivity index (χ3v) is 4.76. The van der Waals surface area contributed by atoms with Gasteiger partial charge in [-0.05, 0) is 37.1 Å². The summed E-state index contributed by atoms with van der Waals surface area (Å²) >= 11 is 0. The highest BCUT2D eigenvalue weighted by Crippen LogP contribution is 2.18.